The van der Waals surface area contributed by atoms with Crippen LogP contribution < -0.4 is 10.1 Å². The maximum Gasteiger partial charge on any atom is 0.137 e. The van der Waals surface area contributed by atoms with Gasteiger partial charge in [-0.05, 0) is 18.6 Å². The minimum Gasteiger partial charge on any atom is -0.495 e. The molecule has 0 saturated carbocycles. The zero-order valence-electron chi connectivity index (χ0n) is 9.57. The SMILES string of the molecule is COCC(CCCl)Nc1ccc(OC)cn1. The summed E-state index contributed by atoms with van der Waals surface area (Å²) in [5.74, 6) is 2.14. The molecule has 5 heteroatoms. The Hall–Kier alpha value is -1.00. The number of halogens is 1. The Bertz CT molecular complexity index is 287. The highest BCUT2D eigenvalue weighted by Crippen LogP contribution is 2.13. The summed E-state index contributed by atoms with van der Waals surface area (Å²) in [5, 5.41) is 3.26. The molecule has 16 heavy (non-hydrogen) atoms. The summed E-state index contributed by atoms with van der Waals surface area (Å²) >= 11 is 5.71. The molecular formula is C11H17ClN2O2. The number of pyridine rings is 1. The Labute approximate surface area is 101 Å². The number of hydrogen-bond donors (Lipinski definition) is 1. The lowest BCUT2D eigenvalue weighted by molar-refractivity contribution is 0.184. The van der Waals surface area contributed by atoms with Crippen molar-refractivity contribution in [3.8, 4) is 5.75 Å². The van der Waals surface area contributed by atoms with Crippen LogP contribution in [0.3, 0.4) is 0 Å². The van der Waals surface area contributed by atoms with E-state index in [2.05, 4.69) is 10.3 Å². The van der Waals surface area contributed by atoms with E-state index in [4.69, 9.17) is 21.1 Å². The summed E-state index contributed by atoms with van der Waals surface area (Å²) in [6.07, 6.45) is 2.51. The summed E-state index contributed by atoms with van der Waals surface area (Å²) in [6, 6.07) is 3.92. The Morgan fingerprint density at radius 3 is 2.75 bits per heavy atom. The highest BCUT2D eigenvalue weighted by molar-refractivity contribution is 6.17. The van der Waals surface area contributed by atoms with Gasteiger partial charge in [0, 0.05) is 13.0 Å². The Kier molecular flexibility index (Phi) is 5.96. The van der Waals surface area contributed by atoms with Crippen LogP contribution in [0.1, 0.15) is 6.42 Å². The third kappa shape index (κ3) is 4.24. The van der Waals surface area contributed by atoms with Crippen LogP contribution in [0.4, 0.5) is 5.82 Å². The monoisotopic (exact) mass is 244 g/mol. The first-order valence-electron chi connectivity index (χ1n) is 5.11. The number of nitrogens with zero attached hydrogens (tertiary/aromatic N) is 1. The largest absolute Gasteiger partial charge is 0.495 e. The highest BCUT2D eigenvalue weighted by Gasteiger charge is 2.08. The van der Waals surface area contributed by atoms with Gasteiger partial charge in [-0.1, -0.05) is 0 Å². The smallest absolute Gasteiger partial charge is 0.137 e. The van der Waals surface area contributed by atoms with Crippen molar-refractivity contribution >= 4 is 17.4 Å². The van der Waals surface area contributed by atoms with Gasteiger partial charge in [0.25, 0.3) is 0 Å². The molecule has 1 heterocycles. The fraction of sp³-hybridized carbons (Fsp3) is 0.545. The molecule has 0 spiro atoms. The van der Waals surface area contributed by atoms with Crippen molar-refractivity contribution in [2.45, 2.75) is 12.5 Å². The van der Waals surface area contributed by atoms with Gasteiger partial charge >= 0.3 is 0 Å². The zero-order chi connectivity index (χ0) is 11.8. The summed E-state index contributed by atoms with van der Waals surface area (Å²) < 4.78 is 10.1. The van der Waals surface area contributed by atoms with Crippen LogP contribution in [0.2, 0.25) is 0 Å². The number of hydrogen-bond acceptors (Lipinski definition) is 4. The number of nitrogens with one attached hydrogen (secondary N) is 1. The lowest BCUT2D eigenvalue weighted by atomic mass is 10.2. The molecule has 0 aromatic carbocycles. The molecule has 1 atom stereocenters. The van der Waals surface area contributed by atoms with Crippen molar-refractivity contribution < 1.29 is 9.47 Å². The van der Waals surface area contributed by atoms with Crippen LogP contribution in [0.15, 0.2) is 18.3 Å². The fourth-order valence-corrected chi connectivity index (χ4v) is 1.59. The van der Waals surface area contributed by atoms with Crippen LogP contribution in [0, 0.1) is 0 Å². The fourth-order valence-electron chi connectivity index (χ4n) is 1.33. The lowest BCUT2D eigenvalue weighted by Crippen LogP contribution is -2.25. The lowest BCUT2D eigenvalue weighted by Gasteiger charge is -2.17. The van der Waals surface area contributed by atoms with E-state index in [9.17, 15) is 0 Å². The van der Waals surface area contributed by atoms with Crippen LogP contribution in [0.25, 0.3) is 0 Å². The molecular weight excluding hydrogens is 228 g/mol. The predicted molar refractivity (Wildman–Crippen MR) is 65.4 cm³/mol. The van der Waals surface area contributed by atoms with E-state index >= 15 is 0 Å². The molecule has 1 unspecified atom stereocenters. The van der Waals surface area contributed by atoms with Crippen molar-refractivity contribution in [3.05, 3.63) is 18.3 Å². The zero-order valence-corrected chi connectivity index (χ0v) is 10.3. The van der Waals surface area contributed by atoms with E-state index in [1.807, 2.05) is 12.1 Å². The molecule has 0 fully saturated rings. The minimum absolute atomic E-state index is 0.184. The van der Waals surface area contributed by atoms with Gasteiger partial charge in [-0.2, -0.15) is 0 Å². The molecule has 0 aliphatic rings. The van der Waals surface area contributed by atoms with Crippen molar-refractivity contribution in [2.75, 3.05) is 32.0 Å². The molecule has 0 radical (unpaired) electrons. The first-order valence-corrected chi connectivity index (χ1v) is 5.65. The number of ether oxygens (including phenoxy) is 2. The Morgan fingerprint density at radius 2 is 2.25 bits per heavy atom. The van der Waals surface area contributed by atoms with Gasteiger partial charge in [0.05, 0.1) is 26.0 Å². The molecule has 1 aromatic rings. The third-order valence-corrected chi connectivity index (χ3v) is 2.37. The van der Waals surface area contributed by atoms with E-state index in [-0.39, 0.29) is 6.04 Å². The third-order valence-electron chi connectivity index (χ3n) is 2.15. The van der Waals surface area contributed by atoms with Gasteiger partial charge in [-0.25, -0.2) is 4.98 Å². The highest BCUT2D eigenvalue weighted by atomic mass is 35.5. The molecule has 4 nitrogen and oxygen atoms in total. The summed E-state index contributed by atoms with van der Waals surface area (Å²) in [6.45, 7) is 0.612. The summed E-state index contributed by atoms with van der Waals surface area (Å²) in [4.78, 5) is 4.22. The van der Waals surface area contributed by atoms with Crippen molar-refractivity contribution in [2.24, 2.45) is 0 Å². The Morgan fingerprint density at radius 1 is 1.44 bits per heavy atom. The van der Waals surface area contributed by atoms with Crippen LogP contribution >= 0.6 is 11.6 Å². The van der Waals surface area contributed by atoms with E-state index < -0.39 is 0 Å². The molecule has 0 aliphatic carbocycles. The first-order chi connectivity index (χ1) is 7.80. The van der Waals surface area contributed by atoms with E-state index in [0.29, 0.717) is 12.5 Å². The quantitative estimate of drug-likeness (QED) is 0.747. The van der Waals surface area contributed by atoms with Gasteiger partial charge in [0.1, 0.15) is 11.6 Å². The second-order valence-corrected chi connectivity index (χ2v) is 3.74. The second-order valence-electron chi connectivity index (χ2n) is 3.36. The van der Waals surface area contributed by atoms with Crippen LogP contribution in [-0.4, -0.2) is 37.7 Å². The Balaban J connectivity index is 2.54. The number of methoxy groups -OCH3 is 2. The van der Waals surface area contributed by atoms with Crippen LogP contribution in [-0.2, 0) is 4.74 Å². The minimum atomic E-state index is 0.184. The molecule has 0 amide bonds. The van der Waals surface area contributed by atoms with E-state index in [0.717, 1.165) is 18.0 Å². The predicted octanol–water partition coefficient (Wildman–Crippen LogP) is 2.15. The topological polar surface area (TPSA) is 43.4 Å². The number of anilines is 1. The van der Waals surface area contributed by atoms with Crippen molar-refractivity contribution in [3.63, 3.8) is 0 Å². The van der Waals surface area contributed by atoms with Crippen molar-refractivity contribution in [1.29, 1.82) is 0 Å². The molecule has 0 saturated heterocycles. The maximum atomic E-state index is 5.71. The average molecular weight is 245 g/mol. The molecule has 90 valence electrons. The maximum absolute atomic E-state index is 5.71. The normalized spacial score (nSPS) is 12.2. The molecule has 0 aliphatic heterocycles. The molecule has 0 bridgehead atoms. The molecule has 1 aromatic heterocycles. The summed E-state index contributed by atoms with van der Waals surface area (Å²) in [5.41, 5.74) is 0. The van der Waals surface area contributed by atoms with Gasteiger partial charge in [-0.15, -0.1) is 11.6 Å². The summed E-state index contributed by atoms with van der Waals surface area (Å²) in [7, 11) is 3.29. The van der Waals surface area contributed by atoms with Gasteiger partial charge in [0.2, 0.25) is 0 Å². The van der Waals surface area contributed by atoms with Gasteiger partial charge in [-0.3, -0.25) is 0 Å². The first kappa shape index (κ1) is 13.1. The molecule has 1 rings (SSSR count). The van der Waals surface area contributed by atoms with E-state index in [1.54, 1.807) is 20.4 Å². The second kappa shape index (κ2) is 7.30. The van der Waals surface area contributed by atoms with E-state index in [1.165, 1.54) is 0 Å². The number of alkyl halides is 1. The van der Waals surface area contributed by atoms with Crippen molar-refractivity contribution in [1.82, 2.24) is 4.98 Å². The molecule has 1 N–H and O–H groups in total. The van der Waals surface area contributed by atoms with Crippen LogP contribution in [0.5, 0.6) is 5.75 Å². The van der Waals surface area contributed by atoms with Gasteiger partial charge < -0.3 is 14.8 Å². The van der Waals surface area contributed by atoms with Gasteiger partial charge in [0.15, 0.2) is 0 Å². The number of rotatable bonds is 7. The standard InChI is InChI=1S/C11H17ClN2O2/c1-15-8-9(5-6-12)14-11-4-3-10(16-2)7-13-11/h3-4,7,9H,5-6,8H2,1-2H3,(H,13,14). The number of aromatic nitrogens is 1. The average Bonchev–Trinajstić information content (AvgIpc) is 2.31.